The van der Waals surface area contributed by atoms with Gasteiger partial charge in [0.15, 0.2) is 0 Å². The zero-order chi connectivity index (χ0) is 17.5. The van der Waals surface area contributed by atoms with Crippen molar-refractivity contribution in [2.75, 3.05) is 20.2 Å². The first kappa shape index (κ1) is 16.8. The van der Waals surface area contributed by atoms with E-state index in [4.69, 9.17) is 4.74 Å². The van der Waals surface area contributed by atoms with Crippen molar-refractivity contribution in [3.8, 4) is 5.75 Å². The Morgan fingerprint density at radius 1 is 1.25 bits per heavy atom. The summed E-state index contributed by atoms with van der Waals surface area (Å²) in [5.41, 5.74) is 2.20. The van der Waals surface area contributed by atoms with E-state index < -0.39 is 0 Å². The predicted molar refractivity (Wildman–Crippen MR) is 91.7 cm³/mol. The van der Waals surface area contributed by atoms with Crippen LogP contribution in [-0.2, 0) is 22.6 Å². The summed E-state index contributed by atoms with van der Waals surface area (Å²) in [7, 11) is 1.67. The first-order chi connectivity index (χ1) is 11.3. The van der Waals surface area contributed by atoms with Gasteiger partial charge in [-0.25, -0.2) is 0 Å². The minimum atomic E-state index is -0.225. The van der Waals surface area contributed by atoms with E-state index in [9.17, 15) is 9.59 Å². The van der Waals surface area contributed by atoms with Crippen LogP contribution in [0.15, 0.2) is 18.2 Å². The van der Waals surface area contributed by atoms with Crippen molar-refractivity contribution in [1.29, 1.82) is 0 Å². The van der Waals surface area contributed by atoms with E-state index in [0.717, 1.165) is 12.2 Å². The summed E-state index contributed by atoms with van der Waals surface area (Å²) in [6.07, 6.45) is 1.17. The molecule has 2 aliphatic rings. The molecule has 0 bridgehead atoms. The fourth-order valence-corrected chi connectivity index (χ4v) is 3.62. The van der Waals surface area contributed by atoms with Gasteiger partial charge in [-0.15, -0.1) is 0 Å². The van der Waals surface area contributed by atoms with E-state index in [2.05, 4.69) is 6.07 Å². The van der Waals surface area contributed by atoms with Gasteiger partial charge in [0.05, 0.1) is 13.0 Å². The van der Waals surface area contributed by atoms with Crippen molar-refractivity contribution in [3.05, 3.63) is 29.3 Å². The molecule has 0 saturated carbocycles. The van der Waals surface area contributed by atoms with Crippen LogP contribution in [0.3, 0.4) is 0 Å². The highest BCUT2D eigenvalue weighted by Crippen LogP contribution is 2.29. The number of hydrogen-bond donors (Lipinski definition) is 0. The molecule has 1 saturated heterocycles. The van der Waals surface area contributed by atoms with Crippen molar-refractivity contribution < 1.29 is 14.3 Å². The fourth-order valence-electron chi connectivity index (χ4n) is 3.62. The average Bonchev–Trinajstić information content (AvgIpc) is 2.95. The lowest BCUT2D eigenvalue weighted by atomic mass is 9.97. The molecular formula is C19H26N2O3. The molecule has 3 rings (SSSR count). The minimum Gasteiger partial charge on any atom is -0.497 e. The molecule has 0 aliphatic carbocycles. The number of fused-ring (bicyclic) bond motifs is 1. The van der Waals surface area contributed by atoms with Crippen LogP contribution in [0, 0.1) is 5.92 Å². The summed E-state index contributed by atoms with van der Waals surface area (Å²) in [6, 6.07) is 6.03. The van der Waals surface area contributed by atoms with Gasteiger partial charge in [0.25, 0.3) is 0 Å². The Morgan fingerprint density at radius 2 is 2.00 bits per heavy atom. The number of likely N-dealkylation sites (tertiary alicyclic amines) is 1. The molecule has 1 aromatic carbocycles. The molecule has 0 radical (unpaired) electrons. The Hall–Kier alpha value is -2.04. The Kier molecular flexibility index (Phi) is 4.28. The molecule has 0 unspecified atom stereocenters. The third-order valence-corrected chi connectivity index (χ3v) is 5.02. The molecule has 0 spiro atoms. The maximum absolute atomic E-state index is 12.9. The Balaban J connectivity index is 1.70. The summed E-state index contributed by atoms with van der Waals surface area (Å²) in [5, 5.41) is 0. The maximum atomic E-state index is 12.9. The van der Waals surface area contributed by atoms with E-state index in [1.54, 1.807) is 7.11 Å². The highest BCUT2D eigenvalue weighted by molar-refractivity contribution is 5.89. The topological polar surface area (TPSA) is 49.9 Å². The van der Waals surface area contributed by atoms with Gasteiger partial charge in [0, 0.05) is 31.6 Å². The van der Waals surface area contributed by atoms with Gasteiger partial charge in [-0.05, 0) is 50.5 Å². The molecule has 0 aromatic heterocycles. The van der Waals surface area contributed by atoms with Gasteiger partial charge in [-0.2, -0.15) is 0 Å². The molecule has 1 atom stereocenters. The van der Waals surface area contributed by atoms with Crippen LogP contribution in [0.25, 0.3) is 0 Å². The molecule has 1 aromatic rings. The number of amides is 2. The molecule has 2 aliphatic heterocycles. The highest BCUT2D eigenvalue weighted by Gasteiger charge is 2.41. The van der Waals surface area contributed by atoms with Crippen LogP contribution < -0.4 is 4.74 Å². The van der Waals surface area contributed by atoms with Crippen LogP contribution in [0.1, 0.15) is 38.3 Å². The summed E-state index contributed by atoms with van der Waals surface area (Å²) in [5.74, 6) is 0.840. The third kappa shape index (κ3) is 3.12. The van der Waals surface area contributed by atoms with Crippen molar-refractivity contribution in [1.82, 2.24) is 9.80 Å². The molecule has 24 heavy (non-hydrogen) atoms. The fraction of sp³-hybridized carbons (Fsp3) is 0.579. The summed E-state index contributed by atoms with van der Waals surface area (Å²) >= 11 is 0. The van der Waals surface area contributed by atoms with Gasteiger partial charge < -0.3 is 14.5 Å². The van der Waals surface area contributed by atoms with Crippen molar-refractivity contribution >= 4 is 11.8 Å². The maximum Gasteiger partial charge on any atom is 0.228 e. The second kappa shape index (κ2) is 6.11. The van der Waals surface area contributed by atoms with Crippen molar-refractivity contribution in [3.63, 3.8) is 0 Å². The summed E-state index contributed by atoms with van der Waals surface area (Å²) < 4.78 is 5.27. The van der Waals surface area contributed by atoms with Crippen LogP contribution in [0.4, 0.5) is 0 Å². The molecule has 5 nitrogen and oxygen atoms in total. The Bertz CT molecular complexity index is 663. The molecule has 2 heterocycles. The lowest BCUT2D eigenvalue weighted by Gasteiger charge is -2.33. The number of carbonyl (C=O) groups is 2. The van der Waals surface area contributed by atoms with Crippen LogP contribution >= 0.6 is 0 Å². The van der Waals surface area contributed by atoms with Crippen LogP contribution in [0.5, 0.6) is 5.75 Å². The molecular weight excluding hydrogens is 304 g/mol. The molecule has 2 amide bonds. The number of rotatable bonds is 2. The van der Waals surface area contributed by atoms with Crippen molar-refractivity contribution in [2.24, 2.45) is 5.92 Å². The number of methoxy groups -OCH3 is 1. The average molecular weight is 330 g/mol. The number of hydrogen-bond acceptors (Lipinski definition) is 3. The summed E-state index contributed by atoms with van der Waals surface area (Å²) in [4.78, 5) is 28.8. The lowest BCUT2D eigenvalue weighted by Crippen LogP contribution is -2.44. The van der Waals surface area contributed by atoms with Gasteiger partial charge in [-0.1, -0.05) is 6.07 Å². The zero-order valence-electron chi connectivity index (χ0n) is 15.0. The molecule has 5 heteroatoms. The van der Waals surface area contributed by atoms with Crippen LogP contribution in [0.2, 0.25) is 0 Å². The highest BCUT2D eigenvalue weighted by atomic mass is 16.5. The molecule has 0 N–H and O–H groups in total. The van der Waals surface area contributed by atoms with Gasteiger partial charge >= 0.3 is 0 Å². The number of nitrogens with zero attached hydrogens (tertiary/aromatic N) is 2. The van der Waals surface area contributed by atoms with E-state index in [-0.39, 0.29) is 23.3 Å². The Morgan fingerprint density at radius 3 is 2.62 bits per heavy atom. The largest absolute Gasteiger partial charge is 0.497 e. The van der Waals surface area contributed by atoms with E-state index in [1.165, 1.54) is 11.1 Å². The van der Waals surface area contributed by atoms with E-state index in [0.29, 0.717) is 26.1 Å². The zero-order valence-corrected chi connectivity index (χ0v) is 15.0. The normalized spacial score (nSPS) is 21.0. The lowest BCUT2D eigenvalue weighted by molar-refractivity contribution is -0.136. The quantitative estimate of drug-likeness (QED) is 0.835. The first-order valence-corrected chi connectivity index (χ1v) is 8.54. The first-order valence-electron chi connectivity index (χ1n) is 8.54. The summed E-state index contributed by atoms with van der Waals surface area (Å²) in [6.45, 7) is 7.91. The second-order valence-electron chi connectivity index (χ2n) is 7.72. The third-order valence-electron chi connectivity index (χ3n) is 5.02. The number of ether oxygens (including phenoxy) is 1. The van der Waals surface area contributed by atoms with Crippen molar-refractivity contribution in [2.45, 2.75) is 45.7 Å². The second-order valence-corrected chi connectivity index (χ2v) is 7.72. The van der Waals surface area contributed by atoms with E-state index in [1.807, 2.05) is 42.7 Å². The smallest absolute Gasteiger partial charge is 0.228 e. The predicted octanol–water partition coefficient (Wildman–Crippen LogP) is 2.23. The van der Waals surface area contributed by atoms with Gasteiger partial charge in [0.2, 0.25) is 11.8 Å². The number of benzene rings is 1. The monoisotopic (exact) mass is 330 g/mol. The number of carbonyl (C=O) groups excluding carboxylic acids is 2. The SMILES string of the molecule is COc1ccc2c(c1)CCN(C(=O)[C@H]1CC(=O)N(C(C)(C)C)C1)C2. The molecule has 130 valence electrons. The van der Waals surface area contributed by atoms with Crippen LogP contribution in [-0.4, -0.2) is 47.4 Å². The van der Waals surface area contributed by atoms with E-state index >= 15 is 0 Å². The van der Waals surface area contributed by atoms with Gasteiger partial charge in [0.1, 0.15) is 5.75 Å². The Labute approximate surface area is 143 Å². The standard InChI is InChI=1S/C19H26N2O3/c1-19(2,3)21-12-15(10-17(21)22)18(23)20-8-7-13-9-16(24-4)6-5-14(13)11-20/h5-6,9,15H,7-8,10-12H2,1-4H3/t15-/m0/s1. The molecule has 1 fully saturated rings. The van der Waals surface area contributed by atoms with Gasteiger partial charge in [-0.3, -0.25) is 9.59 Å². The minimum absolute atomic E-state index is 0.0861.